The van der Waals surface area contributed by atoms with Gasteiger partial charge in [0.1, 0.15) is 6.10 Å². The standard InChI is InChI=1S/C17H14O4/c18-15(12-9-5-2-6-10-12)14-13(16(19)21-17(14)20)11-7-3-1-4-8-11/h1-10,15,17-18,20H/t15-,17+/m0/s1. The maximum atomic E-state index is 12.0. The number of carbonyl (C=O) groups is 1. The molecule has 21 heavy (non-hydrogen) atoms. The molecule has 4 nitrogen and oxygen atoms in total. The first-order valence-electron chi connectivity index (χ1n) is 6.60. The van der Waals surface area contributed by atoms with Crippen LogP contribution in [0, 0.1) is 0 Å². The van der Waals surface area contributed by atoms with E-state index < -0.39 is 18.4 Å². The van der Waals surface area contributed by atoms with Crippen LogP contribution in [0.3, 0.4) is 0 Å². The van der Waals surface area contributed by atoms with E-state index in [2.05, 4.69) is 0 Å². The Hall–Kier alpha value is -2.43. The van der Waals surface area contributed by atoms with Gasteiger partial charge in [-0.15, -0.1) is 0 Å². The van der Waals surface area contributed by atoms with Crippen molar-refractivity contribution in [1.29, 1.82) is 0 Å². The Kier molecular flexibility index (Phi) is 3.56. The molecular formula is C17H14O4. The summed E-state index contributed by atoms with van der Waals surface area (Å²) in [6, 6.07) is 17.7. The van der Waals surface area contributed by atoms with Crippen molar-refractivity contribution in [3.8, 4) is 0 Å². The first-order valence-corrected chi connectivity index (χ1v) is 6.60. The smallest absolute Gasteiger partial charge is 0.341 e. The van der Waals surface area contributed by atoms with E-state index in [0.717, 1.165) is 0 Å². The number of carbonyl (C=O) groups excluding carboxylic acids is 1. The van der Waals surface area contributed by atoms with Gasteiger partial charge >= 0.3 is 5.97 Å². The third-order valence-corrected chi connectivity index (χ3v) is 3.45. The van der Waals surface area contributed by atoms with Crippen LogP contribution in [-0.4, -0.2) is 22.5 Å². The summed E-state index contributed by atoms with van der Waals surface area (Å²) in [6.07, 6.45) is -2.52. The zero-order valence-corrected chi connectivity index (χ0v) is 11.1. The lowest BCUT2D eigenvalue weighted by molar-refractivity contribution is -0.151. The van der Waals surface area contributed by atoms with E-state index >= 15 is 0 Å². The summed E-state index contributed by atoms with van der Waals surface area (Å²) in [5.41, 5.74) is 1.61. The second-order valence-corrected chi connectivity index (χ2v) is 4.77. The molecule has 0 saturated carbocycles. The third-order valence-electron chi connectivity index (χ3n) is 3.45. The zero-order chi connectivity index (χ0) is 14.8. The Bertz CT molecular complexity index is 676. The molecule has 0 fully saturated rings. The van der Waals surface area contributed by atoms with Gasteiger partial charge in [-0.05, 0) is 11.1 Å². The van der Waals surface area contributed by atoms with Gasteiger partial charge < -0.3 is 14.9 Å². The maximum absolute atomic E-state index is 12.0. The van der Waals surface area contributed by atoms with Crippen molar-refractivity contribution in [2.24, 2.45) is 0 Å². The Labute approximate surface area is 121 Å². The average Bonchev–Trinajstić information content (AvgIpc) is 2.82. The molecule has 0 saturated heterocycles. The minimum atomic E-state index is -1.43. The van der Waals surface area contributed by atoms with E-state index in [4.69, 9.17) is 4.74 Å². The van der Waals surface area contributed by atoms with Crippen molar-refractivity contribution in [3.05, 3.63) is 77.4 Å². The molecule has 0 radical (unpaired) electrons. The van der Waals surface area contributed by atoms with Crippen molar-refractivity contribution in [3.63, 3.8) is 0 Å². The number of aliphatic hydroxyl groups is 2. The van der Waals surface area contributed by atoms with Crippen molar-refractivity contribution < 1.29 is 19.7 Å². The van der Waals surface area contributed by atoms with Crippen LogP contribution in [0.1, 0.15) is 17.2 Å². The summed E-state index contributed by atoms with van der Waals surface area (Å²) in [5, 5.41) is 20.5. The number of aliphatic hydroxyl groups excluding tert-OH is 2. The SMILES string of the molecule is O=C1O[C@@H](O)C([C@@H](O)c2ccccc2)=C1c1ccccc1. The number of rotatable bonds is 3. The van der Waals surface area contributed by atoms with Gasteiger partial charge in [0.15, 0.2) is 0 Å². The predicted molar refractivity (Wildman–Crippen MR) is 76.9 cm³/mol. The molecule has 3 rings (SSSR count). The minimum Gasteiger partial charge on any atom is -0.428 e. The monoisotopic (exact) mass is 282 g/mol. The normalized spacial score (nSPS) is 19.5. The summed E-state index contributed by atoms with van der Waals surface area (Å²) in [5.74, 6) is -0.626. The first kappa shape index (κ1) is 13.5. The fourth-order valence-electron chi connectivity index (χ4n) is 2.44. The molecule has 0 spiro atoms. The Morgan fingerprint density at radius 1 is 0.952 bits per heavy atom. The second kappa shape index (κ2) is 5.52. The fourth-order valence-corrected chi connectivity index (χ4v) is 2.44. The molecule has 1 aliphatic rings. The van der Waals surface area contributed by atoms with Crippen LogP contribution in [0.15, 0.2) is 66.2 Å². The fraction of sp³-hybridized carbons (Fsp3) is 0.118. The summed E-state index contributed by atoms with van der Waals surface area (Å²) < 4.78 is 4.87. The van der Waals surface area contributed by atoms with Crippen LogP contribution in [0.5, 0.6) is 0 Å². The summed E-state index contributed by atoms with van der Waals surface area (Å²) in [7, 11) is 0. The molecule has 2 N–H and O–H groups in total. The molecule has 1 aliphatic heterocycles. The summed E-state index contributed by atoms with van der Waals surface area (Å²) in [4.78, 5) is 12.0. The van der Waals surface area contributed by atoms with Crippen molar-refractivity contribution in [2.75, 3.05) is 0 Å². The number of hydrogen-bond donors (Lipinski definition) is 2. The van der Waals surface area contributed by atoms with Crippen LogP contribution < -0.4 is 0 Å². The number of benzene rings is 2. The Morgan fingerprint density at radius 2 is 1.52 bits per heavy atom. The molecule has 0 aromatic heterocycles. The first-order chi connectivity index (χ1) is 10.2. The van der Waals surface area contributed by atoms with E-state index in [0.29, 0.717) is 11.1 Å². The van der Waals surface area contributed by atoms with Crippen LogP contribution in [-0.2, 0) is 9.53 Å². The molecule has 2 atom stereocenters. The van der Waals surface area contributed by atoms with Crippen LogP contribution in [0.2, 0.25) is 0 Å². The minimum absolute atomic E-state index is 0.178. The predicted octanol–water partition coefficient (Wildman–Crippen LogP) is 2.05. The molecule has 2 aromatic carbocycles. The third kappa shape index (κ3) is 2.46. The van der Waals surface area contributed by atoms with E-state index in [1.807, 2.05) is 12.1 Å². The van der Waals surface area contributed by atoms with Gasteiger partial charge in [0.25, 0.3) is 0 Å². The largest absolute Gasteiger partial charge is 0.428 e. The highest BCUT2D eigenvalue weighted by Crippen LogP contribution is 2.37. The number of ether oxygens (including phenoxy) is 1. The lowest BCUT2D eigenvalue weighted by Crippen LogP contribution is -2.15. The van der Waals surface area contributed by atoms with Gasteiger partial charge in [-0.1, -0.05) is 60.7 Å². The van der Waals surface area contributed by atoms with Gasteiger partial charge in [0.2, 0.25) is 6.29 Å². The van der Waals surface area contributed by atoms with Gasteiger partial charge in [-0.2, -0.15) is 0 Å². The molecule has 2 aromatic rings. The average molecular weight is 282 g/mol. The lowest BCUT2D eigenvalue weighted by Gasteiger charge is -2.15. The van der Waals surface area contributed by atoms with Crippen molar-refractivity contribution >= 4 is 11.5 Å². The van der Waals surface area contributed by atoms with Crippen LogP contribution in [0.4, 0.5) is 0 Å². The van der Waals surface area contributed by atoms with Crippen LogP contribution >= 0.6 is 0 Å². The van der Waals surface area contributed by atoms with E-state index in [1.165, 1.54) is 0 Å². The van der Waals surface area contributed by atoms with Crippen LogP contribution in [0.25, 0.3) is 5.57 Å². The maximum Gasteiger partial charge on any atom is 0.341 e. The van der Waals surface area contributed by atoms with Gasteiger partial charge in [-0.3, -0.25) is 0 Å². The molecule has 0 unspecified atom stereocenters. The summed E-state index contributed by atoms with van der Waals surface area (Å²) >= 11 is 0. The molecule has 1 heterocycles. The summed E-state index contributed by atoms with van der Waals surface area (Å²) in [6.45, 7) is 0. The zero-order valence-electron chi connectivity index (χ0n) is 11.1. The molecule has 0 bridgehead atoms. The van der Waals surface area contributed by atoms with E-state index in [1.54, 1.807) is 48.5 Å². The molecule has 4 heteroatoms. The van der Waals surface area contributed by atoms with E-state index in [9.17, 15) is 15.0 Å². The van der Waals surface area contributed by atoms with Gasteiger partial charge in [0.05, 0.1) is 5.57 Å². The van der Waals surface area contributed by atoms with Gasteiger partial charge in [-0.25, -0.2) is 4.79 Å². The second-order valence-electron chi connectivity index (χ2n) is 4.77. The lowest BCUT2D eigenvalue weighted by atomic mass is 9.94. The highest BCUT2D eigenvalue weighted by Gasteiger charge is 2.37. The van der Waals surface area contributed by atoms with Crippen molar-refractivity contribution in [1.82, 2.24) is 0 Å². The molecule has 0 aliphatic carbocycles. The Balaban J connectivity index is 2.11. The van der Waals surface area contributed by atoms with Gasteiger partial charge in [0, 0.05) is 5.57 Å². The van der Waals surface area contributed by atoms with E-state index in [-0.39, 0.29) is 11.1 Å². The highest BCUT2D eigenvalue weighted by atomic mass is 16.6. The molecular weight excluding hydrogens is 268 g/mol. The molecule has 106 valence electrons. The molecule has 0 amide bonds. The number of hydrogen-bond acceptors (Lipinski definition) is 4. The highest BCUT2D eigenvalue weighted by molar-refractivity contribution is 6.19. The number of esters is 1. The van der Waals surface area contributed by atoms with Crippen molar-refractivity contribution in [2.45, 2.75) is 12.4 Å². The quantitative estimate of drug-likeness (QED) is 0.846. The number of cyclic esters (lactones) is 1. The topological polar surface area (TPSA) is 66.8 Å². The Morgan fingerprint density at radius 3 is 2.14 bits per heavy atom.